The fourth-order valence-electron chi connectivity index (χ4n) is 2.11. The summed E-state index contributed by atoms with van der Waals surface area (Å²) in [6.45, 7) is 0. The van der Waals surface area contributed by atoms with E-state index >= 15 is 0 Å². The van der Waals surface area contributed by atoms with Gasteiger partial charge in [-0.15, -0.1) is 0 Å². The van der Waals surface area contributed by atoms with Crippen molar-refractivity contribution < 1.29 is 9.63 Å². The molecule has 1 N–H and O–H groups in total. The van der Waals surface area contributed by atoms with Crippen molar-refractivity contribution in [1.82, 2.24) is 20.2 Å². The standard InChI is InChI=1S/C15H14N4O2/c1-19(21-2)15(20)11-7-5-10(6-8-11)13-12-4-3-9-16-14(12)18-17-13/h3-9H,1-2H3,(H,16,17,18). The molecule has 0 spiro atoms. The summed E-state index contributed by atoms with van der Waals surface area (Å²) in [6.07, 6.45) is 1.70. The van der Waals surface area contributed by atoms with E-state index in [0.29, 0.717) is 11.2 Å². The van der Waals surface area contributed by atoms with Gasteiger partial charge in [0.25, 0.3) is 5.91 Å². The highest BCUT2D eigenvalue weighted by Crippen LogP contribution is 2.25. The highest BCUT2D eigenvalue weighted by Gasteiger charge is 2.12. The molecule has 21 heavy (non-hydrogen) atoms. The summed E-state index contributed by atoms with van der Waals surface area (Å²) in [5.74, 6) is -0.194. The summed E-state index contributed by atoms with van der Waals surface area (Å²) in [5, 5.41) is 9.28. The van der Waals surface area contributed by atoms with E-state index in [9.17, 15) is 4.79 Å². The van der Waals surface area contributed by atoms with Crippen LogP contribution in [0, 0.1) is 0 Å². The summed E-state index contributed by atoms with van der Waals surface area (Å²) in [4.78, 5) is 21.0. The molecule has 1 aromatic carbocycles. The number of carbonyl (C=O) groups is 1. The molecule has 2 heterocycles. The number of rotatable bonds is 3. The molecule has 0 unspecified atom stereocenters. The third-order valence-electron chi connectivity index (χ3n) is 3.31. The first-order chi connectivity index (χ1) is 10.2. The molecule has 2 aromatic heterocycles. The Balaban J connectivity index is 1.96. The van der Waals surface area contributed by atoms with Crippen molar-refractivity contribution in [2.45, 2.75) is 0 Å². The quantitative estimate of drug-likeness (QED) is 0.748. The number of hydrogen-bond donors (Lipinski definition) is 1. The van der Waals surface area contributed by atoms with Gasteiger partial charge in [-0.1, -0.05) is 12.1 Å². The number of amides is 1. The molecule has 0 saturated carbocycles. The molecule has 0 aliphatic carbocycles. The SMILES string of the molecule is CON(C)C(=O)c1ccc(-c2[nH]nc3ncccc23)cc1. The van der Waals surface area contributed by atoms with Gasteiger partial charge >= 0.3 is 0 Å². The second-order valence-corrected chi connectivity index (χ2v) is 4.54. The number of H-pyrrole nitrogens is 1. The van der Waals surface area contributed by atoms with Gasteiger partial charge < -0.3 is 0 Å². The van der Waals surface area contributed by atoms with E-state index in [2.05, 4.69) is 15.2 Å². The minimum Gasteiger partial charge on any atom is -0.275 e. The average Bonchev–Trinajstić information content (AvgIpc) is 2.97. The molecule has 0 aliphatic rings. The lowest BCUT2D eigenvalue weighted by Crippen LogP contribution is -2.25. The number of hydrogen-bond acceptors (Lipinski definition) is 4. The third kappa shape index (κ3) is 2.36. The molecule has 6 nitrogen and oxygen atoms in total. The molecule has 0 aliphatic heterocycles. The lowest BCUT2D eigenvalue weighted by molar-refractivity contribution is -0.0756. The highest BCUT2D eigenvalue weighted by molar-refractivity contribution is 5.95. The van der Waals surface area contributed by atoms with Gasteiger partial charge in [0.05, 0.1) is 12.8 Å². The maximum atomic E-state index is 12.0. The summed E-state index contributed by atoms with van der Waals surface area (Å²) in [6, 6.07) is 11.1. The summed E-state index contributed by atoms with van der Waals surface area (Å²) in [7, 11) is 3.03. The second kappa shape index (κ2) is 5.34. The molecule has 0 radical (unpaired) electrons. The first-order valence-corrected chi connectivity index (χ1v) is 6.42. The number of nitrogens with one attached hydrogen (secondary N) is 1. The first-order valence-electron chi connectivity index (χ1n) is 6.42. The van der Waals surface area contributed by atoms with Crippen molar-refractivity contribution in [2.75, 3.05) is 14.2 Å². The van der Waals surface area contributed by atoms with Gasteiger partial charge in [-0.2, -0.15) is 5.10 Å². The van der Waals surface area contributed by atoms with Gasteiger partial charge in [-0.25, -0.2) is 10.0 Å². The van der Waals surface area contributed by atoms with Crippen LogP contribution in [0.15, 0.2) is 42.6 Å². The number of pyridine rings is 1. The Hall–Kier alpha value is -2.73. The molecule has 3 aromatic rings. The largest absolute Gasteiger partial charge is 0.277 e. The van der Waals surface area contributed by atoms with Crippen molar-refractivity contribution >= 4 is 16.9 Å². The number of nitrogens with zero attached hydrogens (tertiary/aromatic N) is 3. The van der Waals surface area contributed by atoms with Crippen LogP contribution in [0.3, 0.4) is 0 Å². The van der Waals surface area contributed by atoms with Crippen LogP contribution in [-0.2, 0) is 4.84 Å². The average molecular weight is 282 g/mol. The Morgan fingerprint density at radius 3 is 2.71 bits per heavy atom. The summed E-state index contributed by atoms with van der Waals surface area (Å²) < 4.78 is 0. The van der Waals surface area contributed by atoms with Crippen LogP contribution in [0.1, 0.15) is 10.4 Å². The topological polar surface area (TPSA) is 71.1 Å². The van der Waals surface area contributed by atoms with Gasteiger partial charge in [0.1, 0.15) is 0 Å². The van der Waals surface area contributed by atoms with Gasteiger partial charge in [-0.3, -0.25) is 14.7 Å². The molecule has 3 rings (SSSR count). The van der Waals surface area contributed by atoms with Crippen LogP contribution in [0.4, 0.5) is 0 Å². The predicted molar refractivity (Wildman–Crippen MR) is 78.4 cm³/mol. The molecule has 0 saturated heterocycles. The Labute approximate surface area is 121 Å². The van der Waals surface area contributed by atoms with Crippen molar-refractivity contribution in [3.63, 3.8) is 0 Å². The highest BCUT2D eigenvalue weighted by atomic mass is 16.7. The van der Waals surface area contributed by atoms with E-state index in [1.165, 1.54) is 12.2 Å². The van der Waals surface area contributed by atoms with Crippen molar-refractivity contribution in [3.8, 4) is 11.3 Å². The number of aromatic amines is 1. The Kier molecular flexibility index (Phi) is 3.37. The molecular formula is C15H14N4O2. The minimum atomic E-state index is -0.194. The van der Waals surface area contributed by atoms with Crippen molar-refractivity contribution in [2.24, 2.45) is 0 Å². The van der Waals surface area contributed by atoms with Gasteiger partial charge in [0.2, 0.25) is 0 Å². The maximum absolute atomic E-state index is 12.0. The van der Waals surface area contributed by atoms with E-state index < -0.39 is 0 Å². The van der Waals surface area contributed by atoms with Crippen LogP contribution in [0.25, 0.3) is 22.3 Å². The Morgan fingerprint density at radius 1 is 1.24 bits per heavy atom. The Bertz CT molecular complexity index is 780. The van der Waals surface area contributed by atoms with Crippen molar-refractivity contribution in [1.29, 1.82) is 0 Å². The smallest absolute Gasteiger partial charge is 0.275 e. The molecule has 106 valence electrons. The van der Waals surface area contributed by atoms with Gasteiger partial charge in [0, 0.05) is 29.8 Å². The zero-order chi connectivity index (χ0) is 14.8. The van der Waals surface area contributed by atoms with Crippen LogP contribution in [0.2, 0.25) is 0 Å². The van der Waals surface area contributed by atoms with Crippen LogP contribution >= 0.6 is 0 Å². The van der Waals surface area contributed by atoms with E-state index in [1.54, 1.807) is 25.4 Å². The monoisotopic (exact) mass is 282 g/mol. The van der Waals surface area contributed by atoms with Crippen LogP contribution in [-0.4, -0.2) is 40.3 Å². The normalized spacial score (nSPS) is 10.8. The number of benzene rings is 1. The number of fused-ring (bicyclic) bond motifs is 1. The van der Waals surface area contributed by atoms with Crippen LogP contribution in [0.5, 0.6) is 0 Å². The minimum absolute atomic E-state index is 0.194. The maximum Gasteiger partial charge on any atom is 0.277 e. The lowest BCUT2D eigenvalue weighted by Gasteiger charge is -2.13. The molecule has 0 atom stereocenters. The van der Waals surface area contributed by atoms with E-state index in [4.69, 9.17) is 4.84 Å². The molecule has 6 heteroatoms. The number of hydroxylamine groups is 2. The zero-order valence-corrected chi connectivity index (χ0v) is 11.7. The molecule has 1 amide bonds. The number of carbonyl (C=O) groups excluding carboxylic acids is 1. The Morgan fingerprint density at radius 2 is 2.00 bits per heavy atom. The second-order valence-electron chi connectivity index (χ2n) is 4.54. The number of aromatic nitrogens is 3. The summed E-state index contributed by atoms with van der Waals surface area (Å²) in [5.41, 5.74) is 3.07. The fourth-order valence-corrected chi connectivity index (χ4v) is 2.11. The van der Waals surface area contributed by atoms with Gasteiger partial charge in [0.15, 0.2) is 5.65 Å². The molecular weight excluding hydrogens is 268 g/mol. The molecule has 0 bridgehead atoms. The lowest BCUT2D eigenvalue weighted by atomic mass is 10.1. The predicted octanol–water partition coefficient (Wildman–Crippen LogP) is 2.26. The van der Waals surface area contributed by atoms with E-state index in [0.717, 1.165) is 16.6 Å². The fraction of sp³-hybridized carbons (Fsp3) is 0.133. The van der Waals surface area contributed by atoms with Crippen LogP contribution < -0.4 is 0 Å². The zero-order valence-electron chi connectivity index (χ0n) is 11.7. The molecule has 0 fully saturated rings. The van der Waals surface area contributed by atoms with Crippen molar-refractivity contribution in [3.05, 3.63) is 48.2 Å². The van der Waals surface area contributed by atoms with E-state index in [-0.39, 0.29) is 5.91 Å². The van der Waals surface area contributed by atoms with E-state index in [1.807, 2.05) is 24.3 Å². The first kappa shape index (κ1) is 13.3. The summed E-state index contributed by atoms with van der Waals surface area (Å²) >= 11 is 0. The third-order valence-corrected chi connectivity index (χ3v) is 3.31. The van der Waals surface area contributed by atoms with Gasteiger partial charge in [-0.05, 0) is 24.3 Å².